The van der Waals surface area contributed by atoms with Crippen LogP contribution in [0.25, 0.3) is 5.65 Å². The molecule has 0 unspecified atom stereocenters. The molecule has 0 saturated carbocycles. The van der Waals surface area contributed by atoms with Gasteiger partial charge in [0.2, 0.25) is 0 Å². The second-order valence-corrected chi connectivity index (χ2v) is 4.21. The van der Waals surface area contributed by atoms with Crippen molar-refractivity contribution in [1.29, 1.82) is 0 Å². The zero-order valence-corrected chi connectivity index (χ0v) is 9.37. The Balaban J connectivity index is 2.03. The molecule has 0 aromatic carbocycles. The van der Waals surface area contributed by atoms with Crippen molar-refractivity contribution in [2.45, 2.75) is 18.8 Å². The SMILES string of the molecule is O=Cc1cccn2nc(C3CCOCC3)nc12. The van der Waals surface area contributed by atoms with Crippen molar-refractivity contribution >= 4 is 11.9 Å². The van der Waals surface area contributed by atoms with Crippen LogP contribution < -0.4 is 0 Å². The summed E-state index contributed by atoms with van der Waals surface area (Å²) in [5.41, 5.74) is 1.22. The van der Waals surface area contributed by atoms with Gasteiger partial charge in [-0.15, -0.1) is 0 Å². The first-order chi connectivity index (χ1) is 8.38. The van der Waals surface area contributed by atoms with Crippen molar-refractivity contribution in [2.75, 3.05) is 13.2 Å². The average molecular weight is 231 g/mol. The average Bonchev–Trinajstić information content (AvgIpc) is 2.83. The molecule has 1 aliphatic heterocycles. The van der Waals surface area contributed by atoms with E-state index < -0.39 is 0 Å². The molecule has 2 aromatic heterocycles. The number of hydrogen-bond acceptors (Lipinski definition) is 4. The first kappa shape index (κ1) is 10.4. The van der Waals surface area contributed by atoms with Gasteiger partial charge in [0.25, 0.3) is 0 Å². The molecule has 0 atom stereocenters. The van der Waals surface area contributed by atoms with E-state index in [9.17, 15) is 4.79 Å². The second-order valence-electron chi connectivity index (χ2n) is 4.21. The summed E-state index contributed by atoms with van der Waals surface area (Å²) in [5.74, 6) is 1.17. The lowest BCUT2D eigenvalue weighted by Gasteiger charge is -2.18. The highest BCUT2D eigenvalue weighted by Crippen LogP contribution is 2.24. The largest absolute Gasteiger partial charge is 0.381 e. The maximum Gasteiger partial charge on any atom is 0.166 e. The van der Waals surface area contributed by atoms with E-state index in [-0.39, 0.29) is 0 Å². The molecule has 3 rings (SSSR count). The van der Waals surface area contributed by atoms with Crippen molar-refractivity contribution in [3.8, 4) is 0 Å². The lowest BCUT2D eigenvalue weighted by Crippen LogP contribution is -2.15. The van der Waals surface area contributed by atoms with Crippen LogP contribution in [-0.4, -0.2) is 34.1 Å². The van der Waals surface area contributed by atoms with Crippen molar-refractivity contribution in [2.24, 2.45) is 0 Å². The Labute approximate surface area is 98.4 Å². The van der Waals surface area contributed by atoms with Crippen LogP contribution in [0.4, 0.5) is 0 Å². The van der Waals surface area contributed by atoms with Crippen LogP contribution in [0.1, 0.15) is 34.9 Å². The molecule has 0 bridgehead atoms. The Morgan fingerprint density at radius 3 is 3.00 bits per heavy atom. The minimum Gasteiger partial charge on any atom is -0.381 e. The second kappa shape index (κ2) is 4.25. The summed E-state index contributed by atoms with van der Waals surface area (Å²) >= 11 is 0. The normalized spacial score (nSPS) is 17.4. The van der Waals surface area contributed by atoms with Gasteiger partial charge in [0.15, 0.2) is 17.8 Å². The minimum absolute atomic E-state index is 0.350. The lowest BCUT2D eigenvalue weighted by molar-refractivity contribution is 0.0836. The summed E-state index contributed by atoms with van der Waals surface area (Å²) < 4.78 is 7.00. The van der Waals surface area contributed by atoms with Crippen LogP contribution in [0.3, 0.4) is 0 Å². The summed E-state index contributed by atoms with van der Waals surface area (Å²) in [4.78, 5) is 15.4. The summed E-state index contributed by atoms with van der Waals surface area (Å²) in [6, 6.07) is 3.56. The van der Waals surface area contributed by atoms with Crippen LogP contribution in [-0.2, 0) is 4.74 Å². The van der Waals surface area contributed by atoms with E-state index in [1.165, 1.54) is 0 Å². The zero-order valence-electron chi connectivity index (χ0n) is 9.37. The Hall–Kier alpha value is -1.75. The van der Waals surface area contributed by atoms with Crippen LogP contribution in [0.15, 0.2) is 18.3 Å². The van der Waals surface area contributed by atoms with Gasteiger partial charge in [-0.2, -0.15) is 5.10 Å². The van der Waals surface area contributed by atoms with Gasteiger partial charge in [-0.05, 0) is 25.0 Å². The molecule has 0 N–H and O–H groups in total. The fourth-order valence-corrected chi connectivity index (χ4v) is 2.16. The van der Waals surface area contributed by atoms with E-state index in [4.69, 9.17) is 4.74 Å². The summed E-state index contributed by atoms with van der Waals surface area (Å²) in [6.45, 7) is 1.53. The number of aldehydes is 1. The van der Waals surface area contributed by atoms with Gasteiger partial charge in [-0.25, -0.2) is 9.50 Å². The van der Waals surface area contributed by atoms with Gasteiger partial charge in [-0.3, -0.25) is 4.79 Å². The number of carbonyl (C=O) groups excluding carboxylic acids is 1. The number of ether oxygens (including phenoxy) is 1. The van der Waals surface area contributed by atoms with Gasteiger partial charge in [-0.1, -0.05) is 0 Å². The Bertz CT molecular complexity index is 544. The molecule has 3 heterocycles. The van der Waals surface area contributed by atoms with Crippen LogP contribution in [0, 0.1) is 0 Å². The number of aromatic nitrogens is 3. The molecule has 0 radical (unpaired) electrons. The van der Waals surface area contributed by atoms with E-state index in [0.29, 0.717) is 17.1 Å². The van der Waals surface area contributed by atoms with Crippen LogP contribution >= 0.6 is 0 Å². The quantitative estimate of drug-likeness (QED) is 0.734. The van der Waals surface area contributed by atoms with Crippen molar-refractivity contribution in [3.05, 3.63) is 29.7 Å². The molecule has 88 valence electrons. The third-order valence-corrected chi connectivity index (χ3v) is 3.12. The number of pyridine rings is 1. The van der Waals surface area contributed by atoms with E-state index in [0.717, 1.165) is 38.2 Å². The third kappa shape index (κ3) is 1.82. The van der Waals surface area contributed by atoms with Gasteiger partial charge in [0.05, 0.1) is 5.56 Å². The minimum atomic E-state index is 0.350. The molecule has 1 aliphatic rings. The lowest BCUT2D eigenvalue weighted by atomic mass is 10.00. The van der Waals surface area contributed by atoms with Gasteiger partial charge in [0, 0.05) is 25.3 Å². The van der Waals surface area contributed by atoms with Gasteiger partial charge >= 0.3 is 0 Å². The molecule has 17 heavy (non-hydrogen) atoms. The molecule has 5 nitrogen and oxygen atoms in total. The molecule has 1 saturated heterocycles. The molecular weight excluding hydrogens is 218 g/mol. The number of fused-ring (bicyclic) bond motifs is 1. The highest BCUT2D eigenvalue weighted by molar-refractivity contribution is 5.83. The van der Waals surface area contributed by atoms with Crippen LogP contribution in [0.5, 0.6) is 0 Å². The summed E-state index contributed by atoms with van der Waals surface area (Å²) in [5, 5.41) is 4.44. The molecule has 0 spiro atoms. The van der Waals surface area contributed by atoms with Gasteiger partial charge < -0.3 is 4.74 Å². The van der Waals surface area contributed by atoms with Crippen molar-refractivity contribution in [3.63, 3.8) is 0 Å². The highest BCUT2D eigenvalue weighted by Gasteiger charge is 2.20. The summed E-state index contributed by atoms with van der Waals surface area (Å²) in [7, 11) is 0. The maximum atomic E-state index is 10.9. The zero-order chi connectivity index (χ0) is 11.7. The molecular formula is C12H13N3O2. The Morgan fingerprint density at radius 2 is 2.24 bits per heavy atom. The number of hydrogen-bond donors (Lipinski definition) is 0. The van der Waals surface area contributed by atoms with Crippen molar-refractivity contribution in [1.82, 2.24) is 14.6 Å². The first-order valence-electron chi connectivity index (χ1n) is 5.76. The highest BCUT2D eigenvalue weighted by atomic mass is 16.5. The Morgan fingerprint density at radius 1 is 1.41 bits per heavy atom. The van der Waals surface area contributed by atoms with Crippen LogP contribution in [0.2, 0.25) is 0 Å². The predicted octanol–water partition coefficient (Wildman–Crippen LogP) is 1.44. The first-order valence-corrected chi connectivity index (χ1v) is 5.76. The molecule has 0 aliphatic carbocycles. The van der Waals surface area contributed by atoms with E-state index in [1.807, 2.05) is 6.20 Å². The molecule has 1 fully saturated rings. The van der Waals surface area contributed by atoms with E-state index in [2.05, 4.69) is 10.1 Å². The standard InChI is InChI=1S/C12H13N3O2/c16-8-10-2-1-5-15-12(10)13-11(14-15)9-3-6-17-7-4-9/h1-2,5,8-9H,3-4,6-7H2. The monoisotopic (exact) mass is 231 g/mol. The predicted molar refractivity (Wildman–Crippen MR) is 61.2 cm³/mol. The third-order valence-electron chi connectivity index (χ3n) is 3.12. The smallest absolute Gasteiger partial charge is 0.166 e. The number of carbonyl (C=O) groups is 1. The summed E-state index contributed by atoms with van der Waals surface area (Å²) in [6.07, 6.45) is 4.54. The Kier molecular flexibility index (Phi) is 2.60. The van der Waals surface area contributed by atoms with E-state index >= 15 is 0 Å². The molecule has 5 heteroatoms. The molecule has 2 aromatic rings. The van der Waals surface area contributed by atoms with E-state index in [1.54, 1.807) is 16.6 Å². The fourth-order valence-electron chi connectivity index (χ4n) is 2.16. The number of nitrogens with zero attached hydrogens (tertiary/aromatic N) is 3. The number of rotatable bonds is 2. The fraction of sp³-hybridized carbons (Fsp3) is 0.417. The topological polar surface area (TPSA) is 56.5 Å². The van der Waals surface area contributed by atoms with Gasteiger partial charge in [0.1, 0.15) is 0 Å². The molecule has 0 amide bonds. The van der Waals surface area contributed by atoms with Crippen molar-refractivity contribution < 1.29 is 9.53 Å². The maximum absolute atomic E-state index is 10.9.